The Morgan fingerprint density at radius 2 is 2.20 bits per heavy atom. The first-order valence-corrected chi connectivity index (χ1v) is 2.90. The number of hydrogen-bond donors (Lipinski definition) is 1. The zero-order valence-corrected chi connectivity index (χ0v) is 5.60. The first-order valence-electron chi connectivity index (χ1n) is 1.50. The van der Waals surface area contributed by atoms with Crippen LogP contribution in [0.25, 0.3) is 0 Å². The van der Waals surface area contributed by atoms with Gasteiger partial charge in [-0.25, -0.2) is 0 Å². The van der Waals surface area contributed by atoms with Crippen molar-refractivity contribution in [2.45, 2.75) is 13.0 Å². The summed E-state index contributed by atoms with van der Waals surface area (Å²) in [6, 6.07) is 0. The Kier molecular flexibility index (Phi) is 3.02. The first kappa shape index (κ1) is 5.52. The minimum atomic E-state index is -0.213. The minimum absolute atomic E-state index is 0.213. The molecule has 0 bridgehead atoms. The molecule has 2 heteroatoms. The summed E-state index contributed by atoms with van der Waals surface area (Å²) in [5.41, 5.74) is 0. The SMILES string of the molecule is CC(O)[CH][AsH2]. The van der Waals surface area contributed by atoms with Gasteiger partial charge >= 0.3 is 40.2 Å². The summed E-state index contributed by atoms with van der Waals surface area (Å²) in [5, 5.41) is 10.1. The van der Waals surface area contributed by atoms with Gasteiger partial charge in [0.05, 0.1) is 0 Å². The van der Waals surface area contributed by atoms with E-state index in [4.69, 9.17) is 5.11 Å². The molecule has 1 radical (unpaired) electrons. The molecule has 0 aromatic rings. The monoisotopic (exact) mass is 135 g/mol. The number of aliphatic hydroxyl groups is 1. The van der Waals surface area contributed by atoms with Crippen molar-refractivity contribution in [2.24, 2.45) is 0 Å². The predicted molar refractivity (Wildman–Crippen MR) is 24.5 cm³/mol. The fourth-order valence-electron chi connectivity index (χ4n) is 0. The average Bonchev–Trinajstić information content (AvgIpc) is 1.38. The van der Waals surface area contributed by atoms with Gasteiger partial charge in [0.2, 0.25) is 0 Å². The zero-order chi connectivity index (χ0) is 4.28. The molecule has 0 spiro atoms. The summed E-state index contributed by atoms with van der Waals surface area (Å²) < 4.78 is 0. The molecule has 0 aliphatic carbocycles. The van der Waals surface area contributed by atoms with Gasteiger partial charge in [0.25, 0.3) is 0 Å². The summed E-state index contributed by atoms with van der Waals surface area (Å²) >= 11 is 1.45. The van der Waals surface area contributed by atoms with Crippen molar-refractivity contribution < 1.29 is 5.11 Å². The molecule has 0 amide bonds. The normalized spacial score (nSPS) is 15.0. The van der Waals surface area contributed by atoms with Gasteiger partial charge in [-0.1, -0.05) is 0 Å². The van der Waals surface area contributed by atoms with Crippen LogP contribution in [0.3, 0.4) is 0 Å². The Balaban J connectivity index is 2.54. The van der Waals surface area contributed by atoms with E-state index in [2.05, 4.69) is 0 Å². The van der Waals surface area contributed by atoms with Crippen LogP contribution in [-0.2, 0) is 0 Å². The fourth-order valence-corrected chi connectivity index (χ4v) is 0. The molecule has 31 valence electrons. The Morgan fingerprint density at radius 1 is 2.00 bits per heavy atom. The molecular weight excluding hydrogens is 127 g/mol. The Labute approximate surface area is 40.9 Å². The standard InChI is InChI=1S/C3H8AsO/c1-3(5)2-4/h2-3,5H,4H2,1H3. The summed E-state index contributed by atoms with van der Waals surface area (Å²) in [6.07, 6.45) is -0.213. The van der Waals surface area contributed by atoms with Gasteiger partial charge in [-0.2, -0.15) is 0 Å². The van der Waals surface area contributed by atoms with E-state index in [1.807, 2.05) is 0 Å². The van der Waals surface area contributed by atoms with Crippen LogP contribution in [0, 0.1) is 5.21 Å². The molecule has 1 nitrogen and oxygen atoms in total. The second-order valence-electron chi connectivity index (χ2n) is 0.933. The molecule has 0 aromatic carbocycles. The van der Waals surface area contributed by atoms with Crippen molar-refractivity contribution in [2.75, 3.05) is 0 Å². The molecule has 0 aromatic heterocycles. The van der Waals surface area contributed by atoms with Crippen molar-refractivity contribution in [3.8, 4) is 0 Å². The molecular formula is C3H8AsO. The molecule has 0 saturated heterocycles. The van der Waals surface area contributed by atoms with Gasteiger partial charge in [-0.15, -0.1) is 0 Å². The van der Waals surface area contributed by atoms with Crippen molar-refractivity contribution in [3.05, 3.63) is 5.21 Å². The maximum absolute atomic E-state index is 8.32. The van der Waals surface area contributed by atoms with E-state index in [9.17, 15) is 0 Å². The van der Waals surface area contributed by atoms with Crippen LogP contribution < -0.4 is 0 Å². The number of hydrogen-bond acceptors (Lipinski definition) is 1. The van der Waals surface area contributed by atoms with E-state index in [1.54, 1.807) is 12.1 Å². The van der Waals surface area contributed by atoms with E-state index in [0.29, 0.717) is 0 Å². The van der Waals surface area contributed by atoms with E-state index < -0.39 is 0 Å². The second kappa shape index (κ2) is 2.74. The van der Waals surface area contributed by atoms with Crippen LogP contribution in [0.5, 0.6) is 0 Å². The van der Waals surface area contributed by atoms with Crippen LogP contribution >= 0.6 is 0 Å². The zero-order valence-electron chi connectivity index (χ0n) is 3.18. The first-order chi connectivity index (χ1) is 2.27. The predicted octanol–water partition coefficient (Wildman–Crippen LogP) is -0.838. The van der Waals surface area contributed by atoms with Gasteiger partial charge in [0.15, 0.2) is 0 Å². The summed E-state index contributed by atoms with van der Waals surface area (Å²) in [5.74, 6) is 0. The van der Waals surface area contributed by atoms with Crippen LogP contribution in [-0.4, -0.2) is 28.1 Å². The third kappa shape index (κ3) is 4.52. The molecule has 0 aliphatic heterocycles. The maximum atomic E-state index is 8.32. The summed E-state index contributed by atoms with van der Waals surface area (Å²) in [4.78, 5) is 0. The van der Waals surface area contributed by atoms with Crippen LogP contribution in [0.4, 0.5) is 0 Å². The summed E-state index contributed by atoms with van der Waals surface area (Å²) in [6.45, 7) is 1.74. The average molecular weight is 135 g/mol. The molecule has 0 saturated carbocycles. The van der Waals surface area contributed by atoms with Gasteiger partial charge in [-0.3, -0.25) is 0 Å². The Morgan fingerprint density at radius 3 is 2.20 bits per heavy atom. The molecule has 0 rings (SSSR count). The van der Waals surface area contributed by atoms with Crippen molar-refractivity contribution in [1.29, 1.82) is 0 Å². The van der Waals surface area contributed by atoms with Crippen molar-refractivity contribution >= 4 is 16.9 Å². The van der Waals surface area contributed by atoms with E-state index >= 15 is 0 Å². The molecule has 1 N–H and O–H groups in total. The van der Waals surface area contributed by atoms with Crippen LogP contribution in [0.2, 0.25) is 0 Å². The van der Waals surface area contributed by atoms with Gasteiger partial charge < -0.3 is 0 Å². The van der Waals surface area contributed by atoms with Crippen LogP contribution in [0.1, 0.15) is 6.92 Å². The van der Waals surface area contributed by atoms with E-state index in [1.165, 1.54) is 16.9 Å². The Hall–Kier alpha value is 0.518. The van der Waals surface area contributed by atoms with Crippen molar-refractivity contribution in [1.82, 2.24) is 0 Å². The third-order valence-electron chi connectivity index (χ3n) is 0.279. The topological polar surface area (TPSA) is 20.2 Å². The van der Waals surface area contributed by atoms with Gasteiger partial charge in [0.1, 0.15) is 0 Å². The summed E-state index contributed by atoms with van der Waals surface area (Å²) in [7, 11) is 0. The molecule has 2 unspecified atom stereocenters. The number of aliphatic hydroxyl groups excluding tert-OH is 1. The number of rotatable bonds is 1. The molecule has 2 atom stereocenters. The molecule has 0 fully saturated rings. The molecule has 0 aliphatic rings. The van der Waals surface area contributed by atoms with E-state index in [-0.39, 0.29) is 6.10 Å². The van der Waals surface area contributed by atoms with Crippen molar-refractivity contribution in [3.63, 3.8) is 0 Å². The van der Waals surface area contributed by atoms with E-state index in [0.717, 1.165) is 0 Å². The molecule has 0 heterocycles. The van der Waals surface area contributed by atoms with Gasteiger partial charge in [0, 0.05) is 0 Å². The Bertz CT molecular complexity index is 20.9. The second-order valence-corrected chi connectivity index (χ2v) is 1.74. The third-order valence-corrected chi connectivity index (χ3v) is 1.45. The quantitative estimate of drug-likeness (QED) is 0.465. The van der Waals surface area contributed by atoms with Crippen LogP contribution in [0.15, 0.2) is 0 Å². The molecule has 5 heavy (non-hydrogen) atoms. The fraction of sp³-hybridized carbons (Fsp3) is 0.667. The van der Waals surface area contributed by atoms with Gasteiger partial charge in [-0.05, 0) is 0 Å².